The number of amides is 2. The first-order valence-electron chi connectivity index (χ1n) is 5.42. The van der Waals surface area contributed by atoms with Gasteiger partial charge in [0.25, 0.3) is 11.1 Å². The predicted octanol–water partition coefficient (Wildman–Crippen LogP) is 1.59. The summed E-state index contributed by atoms with van der Waals surface area (Å²) in [5.74, 6) is -0.352. The maximum absolute atomic E-state index is 11.4. The van der Waals surface area contributed by atoms with Crippen LogP contribution in [0.3, 0.4) is 0 Å². The fourth-order valence-electron chi connectivity index (χ4n) is 1.64. The summed E-state index contributed by atoms with van der Waals surface area (Å²) in [6.45, 7) is 0. The fourth-order valence-corrected chi connectivity index (χ4v) is 2.32. The van der Waals surface area contributed by atoms with Crippen LogP contribution in [0.2, 0.25) is 0 Å². The Balaban J connectivity index is 1.86. The quantitative estimate of drug-likeness (QED) is 0.840. The zero-order valence-corrected chi connectivity index (χ0v) is 10.4. The van der Waals surface area contributed by atoms with E-state index in [1.54, 1.807) is 17.1 Å². The first-order chi connectivity index (χ1) is 9.22. The molecule has 1 aromatic carbocycles. The Morgan fingerprint density at radius 3 is 2.58 bits per heavy atom. The van der Waals surface area contributed by atoms with E-state index in [4.69, 9.17) is 0 Å². The van der Waals surface area contributed by atoms with Crippen molar-refractivity contribution in [3.63, 3.8) is 0 Å². The topological polar surface area (TPSA) is 76.9 Å². The van der Waals surface area contributed by atoms with E-state index >= 15 is 0 Å². The summed E-state index contributed by atoms with van der Waals surface area (Å²) >= 11 is 0.904. The molecule has 2 aromatic rings. The molecule has 1 fully saturated rings. The Kier molecular flexibility index (Phi) is 2.88. The van der Waals surface area contributed by atoms with E-state index in [1.165, 1.54) is 6.33 Å². The van der Waals surface area contributed by atoms with E-state index in [-0.39, 0.29) is 11.1 Å². The number of carbonyl (C=O) groups is 2. The van der Waals surface area contributed by atoms with Crippen LogP contribution in [0.25, 0.3) is 11.8 Å². The molecule has 3 rings (SSSR count). The standard InChI is InChI=1S/C12H8N4O2S/c17-11-10(19-12(18)15-11)5-8-1-3-9(4-2-8)16-7-13-6-14-16/h1-7H,(H,15,17,18)/b10-5-. The molecule has 1 saturated heterocycles. The molecule has 19 heavy (non-hydrogen) atoms. The predicted molar refractivity (Wildman–Crippen MR) is 70.5 cm³/mol. The van der Waals surface area contributed by atoms with E-state index in [2.05, 4.69) is 15.4 Å². The van der Waals surface area contributed by atoms with Crippen molar-refractivity contribution in [1.82, 2.24) is 20.1 Å². The molecule has 0 unspecified atom stereocenters. The van der Waals surface area contributed by atoms with Gasteiger partial charge in [-0.1, -0.05) is 12.1 Å². The number of nitrogens with one attached hydrogen (secondary N) is 1. The highest BCUT2D eigenvalue weighted by Crippen LogP contribution is 2.25. The number of carbonyl (C=O) groups excluding carboxylic acids is 2. The number of nitrogens with zero attached hydrogens (tertiary/aromatic N) is 3. The Morgan fingerprint density at radius 2 is 2.00 bits per heavy atom. The molecule has 6 nitrogen and oxygen atoms in total. The van der Waals surface area contributed by atoms with Gasteiger partial charge in [0.2, 0.25) is 0 Å². The van der Waals surface area contributed by atoms with Gasteiger partial charge in [-0.2, -0.15) is 5.10 Å². The number of imide groups is 1. The molecule has 2 amide bonds. The van der Waals surface area contributed by atoms with Crippen molar-refractivity contribution in [2.75, 3.05) is 0 Å². The van der Waals surface area contributed by atoms with Gasteiger partial charge in [0.05, 0.1) is 10.6 Å². The number of aromatic nitrogens is 3. The average molecular weight is 272 g/mol. The molecule has 2 heterocycles. The van der Waals surface area contributed by atoms with Gasteiger partial charge in [-0.3, -0.25) is 14.9 Å². The van der Waals surface area contributed by atoms with Crippen LogP contribution < -0.4 is 5.32 Å². The fraction of sp³-hybridized carbons (Fsp3) is 0. The van der Waals surface area contributed by atoms with Crippen LogP contribution in [0, 0.1) is 0 Å². The van der Waals surface area contributed by atoms with Gasteiger partial charge in [-0.25, -0.2) is 9.67 Å². The number of hydrogen-bond donors (Lipinski definition) is 1. The third kappa shape index (κ3) is 2.41. The van der Waals surface area contributed by atoms with Gasteiger partial charge in [0, 0.05) is 0 Å². The highest BCUT2D eigenvalue weighted by atomic mass is 32.2. The van der Waals surface area contributed by atoms with E-state index in [0.29, 0.717) is 4.91 Å². The normalized spacial score (nSPS) is 16.9. The Labute approximate surface area is 112 Å². The molecule has 0 aliphatic carbocycles. The summed E-state index contributed by atoms with van der Waals surface area (Å²) in [6, 6.07) is 7.42. The summed E-state index contributed by atoms with van der Waals surface area (Å²) < 4.78 is 1.64. The Morgan fingerprint density at radius 1 is 1.21 bits per heavy atom. The number of benzene rings is 1. The summed E-state index contributed by atoms with van der Waals surface area (Å²) in [4.78, 5) is 26.7. The number of thioether (sulfide) groups is 1. The third-order valence-corrected chi connectivity index (χ3v) is 3.33. The molecule has 94 valence electrons. The van der Waals surface area contributed by atoms with E-state index in [9.17, 15) is 9.59 Å². The molecule has 0 bridgehead atoms. The first kappa shape index (κ1) is 11.7. The lowest BCUT2D eigenvalue weighted by Gasteiger charge is -2.00. The molecule has 1 aliphatic rings. The van der Waals surface area contributed by atoms with Crippen LogP contribution in [0.5, 0.6) is 0 Å². The van der Waals surface area contributed by atoms with Crippen LogP contribution in [-0.4, -0.2) is 25.9 Å². The van der Waals surface area contributed by atoms with Crippen LogP contribution in [0.15, 0.2) is 41.8 Å². The molecule has 1 aromatic heterocycles. The van der Waals surface area contributed by atoms with Crippen molar-refractivity contribution in [2.24, 2.45) is 0 Å². The second-order valence-corrected chi connectivity index (χ2v) is 4.80. The molecule has 0 atom stereocenters. The molecule has 0 saturated carbocycles. The van der Waals surface area contributed by atoms with Crippen molar-refractivity contribution >= 4 is 29.0 Å². The molecule has 1 N–H and O–H groups in total. The highest BCUT2D eigenvalue weighted by molar-refractivity contribution is 8.18. The van der Waals surface area contributed by atoms with Gasteiger partial charge >= 0.3 is 0 Å². The molecule has 0 spiro atoms. The molecule has 0 radical (unpaired) electrons. The van der Waals surface area contributed by atoms with Gasteiger partial charge in [0.15, 0.2) is 0 Å². The van der Waals surface area contributed by atoms with Crippen molar-refractivity contribution < 1.29 is 9.59 Å². The Hall–Kier alpha value is -2.41. The third-order valence-electron chi connectivity index (χ3n) is 2.52. The maximum atomic E-state index is 11.4. The minimum Gasteiger partial charge on any atom is -0.282 e. The maximum Gasteiger partial charge on any atom is 0.290 e. The van der Waals surface area contributed by atoms with Crippen LogP contribution in [-0.2, 0) is 4.79 Å². The second kappa shape index (κ2) is 4.69. The summed E-state index contributed by atoms with van der Waals surface area (Å²) in [5.41, 5.74) is 1.72. The largest absolute Gasteiger partial charge is 0.290 e. The lowest BCUT2D eigenvalue weighted by atomic mass is 10.2. The summed E-state index contributed by atoms with van der Waals surface area (Å²) in [5, 5.41) is 5.90. The number of hydrogen-bond acceptors (Lipinski definition) is 5. The SMILES string of the molecule is O=C1NC(=O)/C(=C/c2ccc(-n3cncn3)cc2)S1. The first-order valence-corrected chi connectivity index (χ1v) is 6.24. The van der Waals surface area contributed by atoms with Crippen molar-refractivity contribution in [1.29, 1.82) is 0 Å². The summed E-state index contributed by atoms with van der Waals surface area (Å²) in [7, 11) is 0. The Bertz CT molecular complexity index is 662. The van der Waals surface area contributed by atoms with Gasteiger partial charge in [-0.15, -0.1) is 0 Å². The zero-order valence-electron chi connectivity index (χ0n) is 9.61. The minimum absolute atomic E-state index is 0.338. The lowest BCUT2D eigenvalue weighted by molar-refractivity contribution is -0.115. The van der Waals surface area contributed by atoms with Crippen molar-refractivity contribution in [3.05, 3.63) is 47.4 Å². The van der Waals surface area contributed by atoms with Crippen molar-refractivity contribution in [3.8, 4) is 5.69 Å². The molecular weight excluding hydrogens is 264 g/mol. The number of rotatable bonds is 2. The van der Waals surface area contributed by atoms with Crippen LogP contribution in [0.4, 0.5) is 4.79 Å². The van der Waals surface area contributed by atoms with Gasteiger partial charge < -0.3 is 0 Å². The minimum atomic E-state index is -0.352. The van der Waals surface area contributed by atoms with E-state index < -0.39 is 0 Å². The van der Waals surface area contributed by atoms with Gasteiger partial charge in [-0.05, 0) is 35.5 Å². The zero-order chi connectivity index (χ0) is 13.2. The average Bonchev–Trinajstić information content (AvgIpc) is 3.01. The van der Waals surface area contributed by atoms with E-state index in [1.807, 2.05) is 24.3 Å². The second-order valence-electron chi connectivity index (χ2n) is 3.78. The molecule has 7 heteroatoms. The lowest BCUT2D eigenvalue weighted by Crippen LogP contribution is -2.17. The smallest absolute Gasteiger partial charge is 0.282 e. The summed E-state index contributed by atoms with van der Waals surface area (Å²) in [6.07, 6.45) is 4.74. The van der Waals surface area contributed by atoms with E-state index in [0.717, 1.165) is 23.0 Å². The molecular formula is C12H8N4O2S. The monoisotopic (exact) mass is 272 g/mol. The van der Waals surface area contributed by atoms with Crippen LogP contribution in [0.1, 0.15) is 5.56 Å². The van der Waals surface area contributed by atoms with Crippen LogP contribution >= 0.6 is 11.8 Å². The van der Waals surface area contributed by atoms with Crippen molar-refractivity contribution in [2.45, 2.75) is 0 Å². The molecule has 1 aliphatic heterocycles. The highest BCUT2D eigenvalue weighted by Gasteiger charge is 2.24. The van der Waals surface area contributed by atoms with Gasteiger partial charge in [0.1, 0.15) is 12.7 Å².